The second-order valence-corrected chi connectivity index (χ2v) is 7.04. The van der Waals surface area contributed by atoms with Crippen LogP contribution >= 0.6 is 0 Å². The van der Waals surface area contributed by atoms with Crippen molar-refractivity contribution in [3.63, 3.8) is 0 Å². The molecule has 2 aliphatic rings. The third-order valence-corrected chi connectivity index (χ3v) is 5.15. The number of pyridine rings is 2. The van der Waals surface area contributed by atoms with Gasteiger partial charge >= 0.3 is 0 Å². The van der Waals surface area contributed by atoms with Gasteiger partial charge in [-0.1, -0.05) is 6.58 Å². The largest absolute Gasteiger partial charge is 0.360 e. The van der Waals surface area contributed by atoms with Crippen molar-refractivity contribution in [1.82, 2.24) is 14.9 Å². The number of anilines is 1. The number of nitrogens with zero attached hydrogens (tertiary/aromatic N) is 3. The summed E-state index contributed by atoms with van der Waals surface area (Å²) in [6, 6.07) is 5.98. The normalized spacial score (nSPS) is 16.8. The molecule has 1 saturated carbocycles. The van der Waals surface area contributed by atoms with Crippen LogP contribution in [0.4, 0.5) is 5.69 Å². The van der Waals surface area contributed by atoms with Gasteiger partial charge in [0.05, 0.1) is 6.04 Å². The Bertz CT molecular complexity index is 867. The van der Waals surface area contributed by atoms with E-state index in [4.69, 9.17) is 0 Å². The maximum Gasteiger partial charge on any atom is 0.271 e. The number of nitrogens with one attached hydrogen (secondary N) is 1. The van der Waals surface area contributed by atoms with Crippen LogP contribution in [0.3, 0.4) is 0 Å². The average molecular weight is 350 g/mol. The summed E-state index contributed by atoms with van der Waals surface area (Å²) >= 11 is 0. The molecule has 1 saturated heterocycles. The summed E-state index contributed by atoms with van der Waals surface area (Å²) in [5, 5.41) is 0. The molecule has 0 bridgehead atoms. The highest BCUT2D eigenvalue weighted by molar-refractivity contribution is 5.88. The van der Waals surface area contributed by atoms with Crippen molar-refractivity contribution < 1.29 is 4.79 Å². The van der Waals surface area contributed by atoms with E-state index < -0.39 is 0 Å². The van der Waals surface area contributed by atoms with Crippen LogP contribution < -0.4 is 10.5 Å². The van der Waals surface area contributed by atoms with Crippen LogP contribution in [0.5, 0.6) is 0 Å². The molecule has 1 amide bonds. The number of H-pyrrole nitrogens is 1. The molecular weight excluding hydrogens is 328 g/mol. The smallest absolute Gasteiger partial charge is 0.271 e. The number of amides is 1. The lowest BCUT2D eigenvalue weighted by Gasteiger charge is -2.46. The topological polar surface area (TPSA) is 69.3 Å². The average Bonchev–Trinajstić information content (AvgIpc) is 3.45. The molecule has 3 heterocycles. The van der Waals surface area contributed by atoms with Gasteiger partial charge < -0.3 is 14.8 Å². The van der Waals surface area contributed by atoms with E-state index in [0.29, 0.717) is 24.7 Å². The third-order valence-electron chi connectivity index (χ3n) is 5.15. The Morgan fingerprint density at radius 3 is 2.69 bits per heavy atom. The first-order valence-electron chi connectivity index (χ1n) is 8.97. The van der Waals surface area contributed by atoms with Gasteiger partial charge in [-0.2, -0.15) is 0 Å². The number of rotatable bonds is 6. The number of carbonyl (C=O) groups excluding carboxylic acids is 1. The zero-order valence-electron chi connectivity index (χ0n) is 14.6. The molecule has 2 fully saturated rings. The fourth-order valence-electron chi connectivity index (χ4n) is 3.38. The first-order valence-corrected chi connectivity index (χ1v) is 8.97. The van der Waals surface area contributed by atoms with Gasteiger partial charge in [-0.3, -0.25) is 14.6 Å². The first-order chi connectivity index (χ1) is 12.7. The molecule has 1 aliphatic carbocycles. The van der Waals surface area contributed by atoms with Crippen LogP contribution in [-0.4, -0.2) is 46.5 Å². The second-order valence-electron chi connectivity index (χ2n) is 7.04. The van der Waals surface area contributed by atoms with E-state index >= 15 is 0 Å². The number of hydrogen-bond donors (Lipinski definition) is 1. The molecule has 6 heteroatoms. The Labute approximate surface area is 152 Å². The summed E-state index contributed by atoms with van der Waals surface area (Å²) in [5.41, 5.74) is 2.57. The Morgan fingerprint density at radius 2 is 2.04 bits per heavy atom. The maximum atomic E-state index is 12.6. The molecule has 0 unspecified atom stereocenters. The van der Waals surface area contributed by atoms with Crippen molar-refractivity contribution >= 4 is 11.6 Å². The Kier molecular flexibility index (Phi) is 4.32. The molecule has 0 spiro atoms. The highest BCUT2D eigenvalue weighted by Gasteiger charge is 2.37. The van der Waals surface area contributed by atoms with Crippen molar-refractivity contribution in [1.29, 1.82) is 0 Å². The maximum absolute atomic E-state index is 12.6. The van der Waals surface area contributed by atoms with Crippen LogP contribution in [0, 0.1) is 5.92 Å². The van der Waals surface area contributed by atoms with Crippen LogP contribution in [0.2, 0.25) is 0 Å². The zero-order chi connectivity index (χ0) is 18.1. The van der Waals surface area contributed by atoms with Gasteiger partial charge in [-0.25, -0.2) is 0 Å². The van der Waals surface area contributed by atoms with Gasteiger partial charge in [-0.15, -0.1) is 0 Å². The Balaban J connectivity index is 1.62. The molecule has 134 valence electrons. The molecule has 0 radical (unpaired) electrons. The molecule has 2 aromatic rings. The monoisotopic (exact) mass is 350 g/mol. The highest BCUT2D eigenvalue weighted by atomic mass is 16.2. The summed E-state index contributed by atoms with van der Waals surface area (Å²) in [4.78, 5) is 35.2. The summed E-state index contributed by atoms with van der Waals surface area (Å²) in [6.07, 6.45) is 8.99. The number of likely N-dealkylation sites (tertiary alicyclic amines) is 1. The van der Waals surface area contributed by atoms with Crippen LogP contribution in [0.25, 0.3) is 11.1 Å². The van der Waals surface area contributed by atoms with E-state index in [1.807, 2.05) is 18.2 Å². The quantitative estimate of drug-likeness (QED) is 0.810. The molecule has 1 aliphatic heterocycles. The minimum absolute atomic E-state index is 0.0490. The first kappa shape index (κ1) is 16.6. The predicted molar refractivity (Wildman–Crippen MR) is 101 cm³/mol. The van der Waals surface area contributed by atoms with E-state index in [1.165, 1.54) is 18.9 Å². The minimum atomic E-state index is -0.0862. The van der Waals surface area contributed by atoms with Crippen LogP contribution in [0.1, 0.15) is 12.8 Å². The molecule has 6 nitrogen and oxygen atoms in total. The SMILES string of the molecule is C=CC(=O)N1CC(N(CC2CC2)c2cc(-c3ccncc3)c[nH]c2=O)C1. The number of aromatic amines is 1. The van der Waals surface area contributed by atoms with Gasteiger partial charge in [0.15, 0.2) is 0 Å². The molecule has 26 heavy (non-hydrogen) atoms. The lowest BCUT2D eigenvalue weighted by molar-refractivity contribution is -0.130. The minimum Gasteiger partial charge on any atom is -0.360 e. The molecule has 2 aromatic heterocycles. The lowest BCUT2D eigenvalue weighted by atomic mass is 10.0. The summed E-state index contributed by atoms with van der Waals surface area (Å²) in [6.45, 7) is 5.68. The standard InChI is InChI=1S/C20H22N4O2/c1-2-19(25)23-12-17(13-23)24(11-14-3-4-14)18-9-16(10-22-20(18)26)15-5-7-21-8-6-15/h2,5-10,14,17H,1,3-4,11-13H2,(H,22,26). The molecule has 4 rings (SSSR count). The van der Waals surface area contributed by atoms with Gasteiger partial charge in [-0.05, 0) is 48.6 Å². The van der Waals surface area contributed by atoms with Crippen molar-refractivity contribution in [3.05, 3.63) is 59.8 Å². The fourth-order valence-corrected chi connectivity index (χ4v) is 3.38. The van der Waals surface area contributed by atoms with Gasteiger partial charge in [0.25, 0.3) is 5.56 Å². The van der Waals surface area contributed by atoms with Crippen molar-refractivity contribution in [2.75, 3.05) is 24.5 Å². The van der Waals surface area contributed by atoms with Crippen molar-refractivity contribution in [2.24, 2.45) is 5.92 Å². The van der Waals surface area contributed by atoms with E-state index in [0.717, 1.165) is 17.7 Å². The molecule has 0 atom stereocenters. The fraction of sp³-hybridized carbons (Fsp3) is 0.350. The van der Waals surface area contributed by atoms with Gasteiger partial charge in [0.1, 0.15) is 5.69 Å². The van der Waals surface area contributed by atoms with E-state index in [9.17, 15) is 9.59 Å². The Morgan fingerprint density at radius 1 is 1.31 bits per heavy atom. The third kappa shape index (κ3) is 3.27. The number of hydrogen-bond acceptors (Lipinski definition) is 4. The van der Waals surface area contributed by atoms with Gasteiger partial charge in [0, 0.05) is 43.8 Å². The predicted octanol–water partition coefficient (Wildman–Crippen LogP) is 2.05. The summed E-state index contributed by atoms with van der Waals surface area (Å²) in [5.74, 6) is 0.593. The molecular formula is C20H22N4O2. The van der Waals surface area contributed by atoms with Crippen LogP contribution in [-0.2, 0) is 4.79 Å². The van der Waals surface area contributed by atoms with Crippen LogP contribution in [0.15, 0.2) is 54.2 Å². The Hall–Kier alpha value is -2.89. The number of carbonyl (C=O) groups is 1. The van der Waals surface area contributed by atoms with Crippen molar-refractivity contribution in [2.45, 2.75) is 18.9 Å². The van der Waals surface area contributed by atoms with Crippen molar-refractivity contribution in [3.8, 4) is 11.1 Å². The number of aromatic nitrogens is 2. The van der Waals surface area contributed by atoms with Gasteiger partial charge in [0.2, 0.25) is 5.91 Å². The van der Waals surface area contributed by atoms with E-state index in [-0.39, 0.29) is 17.5 Å². The molecule has 1 N–H and O–H groups in total. The second kappa shape index (κ2) is 6.78. The van der Waals surface area contributed by atoms with E-state index in [2.05, 4.69) is 21.4 Å². The highest BCUT2D eigenvalue weighted by Crippen LogP contribution is 2.33. The molecule has 0 aromatic carbocycles. The zero-order valence-corrected chi connectivity index (χ0v) is 14.6. The van der Waals surface area contributed by atoms with E-state index in [1.54, 1.807) is 23.5 Å². The lowest BCUT2D eigenvalue weighted by Crippen LogP contribution is -2.62. The summed E-state index contributed by atoms with van der Waals surface area (Å²) < 4.78 is 0. The summed E-state index contributed by atoms with van der Waals surface area (Å²) in [7, 11) is 0.